The molecular weight excluding hydrogens is 402 g/mol. The minimum atomic E-state index is -0.928. The number of H-pyrrole nitrogens is 1. The minimum Gasteiger partial charge on any atom is -0.386 e. The molecule has 1 saturated heterocycles. The molecule has 4 heterocycles. The van der Waals surface area contributed by atoms with Gasteiger partial charge in [0.15, 0.2) is 0 Å². The second-order valence-corrected chi connectivity index (χ2v) is 8.81. The van der Waals surface area contributed by atoms with Gasteiger partial charge >= 0.3 is 0 Å². The van der Waals surface area contributed by atoms with Gasteiger partial charge in [-0.3, -0.25) is 10.1 Å². The molecule has 0 spiro atoms. The summed E-state index contributed by atoms with van der Waals surface area (Å²) < 4.78 is 5.65. The molecule has 7 heteroatoms. The van der Waals surface area contributed by atoms with E-state index in [0.29, 0.717) is 13.2 Å². The molecule has 7 nitrogen and oxygen atoms in total. The van der Waals surface area contributed by atoms with Gasteiger partial charge in [-0.05, 0) is 61.7 Å². The van der Waals surface area contributed by atoms with Crippen LogP contribution in [0.15, 0.2) is 54.9 Å². The zero-order chi connectivity index (χ0) is 22.3. The van der Waals surface area contributed by atoms with E-state index in [1.165, 1.54) is 0 Å². The fourth-order valence-corrected chi connectivity index (χ4v) is 4.24. The van der Waals surface area contributed by atoms with Crippen LogP contribution in [0.2, 0.25) is 0 Å². The van der Waals surface area contributed by atoms with Crippen molar-refractivity contribution in [3.63, 3.8) is 0 Å². The number of rotatable bonds is 4. The Balaban J connectivity index is 1.77. The molecule has 1 aliphatic rings. The summed E-state index contributed by atoms with van der Waals surface area (Å²) in [6, 6.07) is 14.3. The van der Waals surface area contributed by atoms with Crippen LogP contribution in [-0.2, 0) is 10.3 Å². The van der Waals surface area contributed by atoms with E-state index in [1.807, 2.05) is 24.3 Å². The number of ether oxygens (including phenoxy) is 1. The summed E-state index contributed by atoms with van der Waals surface area (Å²) in [4.78, 5) is 12.0. The summed E-state index contributed by atoms with van der Waals surface area (Å²) in [7, 11) is 0. The highest BCUT2D eigenvalue weighted by molar-refractivity contribution is 6.01. The quantitative estimate of drug-likeness (QED) is 0.507. The van der Waals surface area contributed by atoms with Crippen molar-refractivity contribution in [1.82, 2.24) is 20.2 Å². The maximum absolute atomic E-state index is 10.6. The number of hydrogen-bond acceptors (Lipinski definition) is 6. The molecule has 0 amide bonds. The van der Waals surface area contributed by atoms with Crippen LogP contribution in [0.1, 0.15) is 26.3 Å². The van der Waals surface area contributed by atoms with Crippen LogP contribution in [-0.4, -0.2) is 51.1 Å². The number of pyridine rings is 2. The van der Waals surface area contributed by atoms with Crippen LogP contribution in [0.4, 0.5) is 5.82 Å². The van der Waals surface area contributed by atoms with Gasteiger partial charge in [-0.25, -0.2) is 4.98 Å². The second-order valence-electron chi connectivity index (χ2n) is 8.81. The van der Waals surface area contributed by atoms with Gasteiger partial charge in [0.25, 0.3) is 0 Å². The highest BCUT2D eigenvalue weighted by atomic mass is 16.5. The molecule has 4 aromatic rings. The van der Waals surface area contributed by atoms with Crippen molar-refractivity contribution in [2.45, 2.75) is 32.4 Å². The molecule has 1 atom stereocenters. The number of fused-ring (bicyclic) bond motifs is 1. The lowest BCUT2D eigenvalue weighted by Crippen LogP contribution is -2.44. The van der Waals surface area contributed by atoms with Crippen LogP contribution < -0.4 is 4.90 Å². The van der Waals surface area contributed by atoms with Crippen molar-refractivity contribution in [2.75, 3.05) is 24.7 Å². The highest BCUT2D eigenvalue weighted by Crippen LogP contribution is 2.36. The van der Waals surface area contributed by atoms with E-state index < -0.39 is 5.60 Å². The molecular formula is C25H27N5O2. The third kappa shape index (κ3) is 3.74. The normalized spacial score (nSPS) is 17.1. The van der Waals surface area contributed by atoms with Gasteiger partial charge < -0.3 is 14.7 Å². The van der Waals surface area contributed by atoms with Crippen molar-refractivity contribution < 1.29 is 9.84 Å². The van der Waals surface area contributed by atoms with Crippen molar-refractivity contribution in [3.05, 3.63) is 60.4 Å². The second kappa shape index (κ2) is 8.00. The monoisotopic (exact) mass is 429 g/mol. The molecule has 0 unspecified atom stereocenters. The Labute approximate surface area is 187 Å². The van der Waals surface area contributed by atoms with Gasteiger partial charge in [-0.2, -0.15) is 5.10 Å². The summed E-state index contributed by atoms with van der Waals surface area (Å²) in [5, 5.41) is 18.7. The van der Waals surface area contributed by atoms with E-state index in [0.717, 1.165) is 51.3 Å². The Morgan fingerprint density at radius 1 is 1.16 bits per heavy atom. The van der Waals surface area contributed by atoms with Crippen LogP contribution in [0.5, 0.6) is 0 Å². The number of hydrogen-bond donors (Lipinski definition) is 2. The predicted molar refractivity (Wildman–Crippen MR) is 125 cm³/mol. The summed E-state index contributed by atoms with van der Waals surface area (Å²) in [6.07, 6.45) is 3.53. The molecule has 164 valence electrons. The molecule has 2 N–H and O–H groups in total. The van der Waals surface area contributed by atoms with Crippen LogP contribution in [0.25, 0.3) is 33.4 Å². The first-order chi connectivity index (χ1) is 15.4. The van der Waals surface area contributed by atoms with Crippen molar-refractivity contribution in [1.29, 1.82) is 0 Å². The van der Waals surface area contributed by atoms with Crippen molar-refractivity contribution >= 4 is 16.7 Å². The summed E-state index contributed by atoms with van der Waals surface area (Å²) in [6.45, 7) is 7.88. The van der Waals surface area contributed by atoms with Crippen LogP contribution in [0.3, 0.4) is 0 Å². The van der Waals surface area contributed by atoms with Crippen LogP contribution in [0, 0.1) is 0 Å². The minimum absolute atomic E-state index is 0.219. The number of anilines is 1. The molecule has 1 fully saturated rings. The van der Waals surface area contributed by atoms with Gasteiger partial charge in [-0.15, -0.1) is 0 Å². The van der Waals surface area contributed by atoms with Gasteiger partial charge in [-0.1, -0.05) is 18.2 Å². The molecule has 0 bridgehead atoms. The third-order valence-electron chi connectivity index (χ3n) is 6.01. The maximum Gasteiger partial charge on any atom is 0.130 e. The average Bonchev–Trinajstić information content (AvgIpc) is 3.32. The lowest BCUT2D eigenvalue weighted by Gasteiger charge is -2.34. The molecule has 1 aliphatic heterocycles. The maximum atomic E-state index is 10.6. The zero-order valence-electron chi connectivity index (χ0n) is 18.5. The van der Waals surface area contributed by atoms with E-state index in [9.17, 15) is 5.11 Å². The van der Waals surface area contributed by atoms with E-state index in [2.05, 4.69) is 45.2 Å². The highest BCUT2D eigenvalue weighted by Gasteiger charge is 2.24. The third-order valence-corrected chi connectivity index (χ3v) is 6.01. The topological polar surface area (TPSA) is 87.2 Å². The molecule has 32 heavy (non-hydrogen) atoms. The first-order valence-corrected chi connectivity index (χ1v) is 10.9. The van der Waals surface area contributed by atoms with Gasteiger partial charge in [0.05, 0.1) is 30.6 Å². The number of morpholine rings is 1. The van der Waals surface area contributed by atoms with Gasteiger partial charge in [0.1, 0.15) is 17.0 Å². The number of aliphatic hydroxyl groups is 1. The van der Waals surface area contributed by atoms with E-state index >= 15 is 0 Å². The van der Waals surface area contributed by atoms with Gasteiger partial charge in [0, 0.05) is 24.3 Å². The molecule has 0 saturated carbocycles. The summed E-state index contributed by atoms with van der Waals surface area (Å²) >= 11 is 0. The first kappa shape index (κ1) is 20.6. The number of benzene rings is 1. The lowest BCUT2D eigenvalue weighted by molar-refractivity contribution is 0.0786. The molecule has 3 aromatic heterocycles. The molecule has 1 aromatic carbocycles. The first-order valence-electron chi connectivity index (χ1n) is 10.9. The average molecular weight is 430 g/mol. The summed E-state index contributed by atoms with van der Waals surface area (Å²) in [5.74, 6) is 0.894. The summed E-state index contributed by atoms with van der Waals surface area (Å²) in [5.41, 5.74) is 4.43. The van der Waals surface area contributed by atoms with E-state index in [-0.39, 0.29) is 6.04 Å². The zero-order valence-corrected chi connectivity index (χ0v) is 18.5. The lowest BCUT2D eigenvalue weighted by atomic mass is 9.93. The smallest absolute Gasteiger partial charge is 0.130 e. The molecule has 0 radical (unpaired) electrons. The Hall–Kier alpha value is -3.29. The molecule has 0 aliphatic carbocycles. The predicted octanol–water partition coefficient (Wildman–Crippen LogP) is 4.14. The number of nitrogens with zero attached hydrogens (tertiary/aromatic N) is 4. The SMILES string of the molecule is C[C@@H]1COCCN1c1cc(-c2cccc(C(C)(C)O)c2)c2ccnc(-c3ccn[nH]3)c2n1. The largest absolute Gasteiger partial charge is 0.386 e. The Bertz CT molecular complexity index is 1250. The Morgan fingerprint density at radius 3 is 2.78 bits per heavy atom. The fraction of sp³-hybridized carbons (Fsp3) is 0.320. The Kier molecular flexibility index (Phi) is 5.15. The number of aromatic nitrogens is 4. The van der Waals surface area contributed by atoms with Gasteiger partial charge in [0.2, 0.25) is 0 Å². The fourth-order valence-electron chi connectivity index (χ4n) is 4.24. The number of nitrogens with one attached hydrogen (secondary N) is 1. The number of aromatic amines is 1. The van der Waals surface area contributed by atoms with Crippen molar-refractivity contribution in [2.24, 2.45) is 0 Å². The standard InChI is InChI=1S/C25H27N5O2/c1-16-15-32-12-11-30(16)22-14-20(17-5-4-6-18(13-17)25(2,3)31)19-7-9-26-24(23(19)28-22)21-8-10-27-29-21/h4-10,13-14,16,31H,11-12,15H2,1-3H3,(H,27,29)/t16-/m1/s1. The Morgan fingerprint density at radius 2 is 2.03 bits per heavy atom. The van der Waals surface area contributed by atoms with E-state index in [4.69, 9.17) is 9.72 Å². The van der Waals surface area contributed by atoms with Crippen LogP contribution >= 0.6 is 0 Å². The molecule has 5 rings (SSSR count). The van der Waals surface area contributed by atoms with E-state index in [1.54, 1.807) is 26.2 Å². The van der Waals surface area contributed by atoms with Crippen molar-refractivity contribution in [3.8, 4) is 22.5 Å².